The summed E-state index contributed by atoms with van der Waals surface area (Å²) in [5.41, 5.74) is 4.35. The van der Waals surface area contributed by atoms with E-state index >= 15 is 0 Å². The molecule has 0 aliphatic carbocycles. The molecule has 2 aliphatic rings. The maximum absolute atomic E-state index is 12.2. The lowest BCUT2D eigenvalue weighted by Gasteiger charge is -2.40. The van der Waals surface area contributed by atoms with Crippen LogP contribution in [0.4, 0.5) is 0 Å². The zero-order valence-electron chi connectivity index (χ0n) is 17.0. The van der Waals surface area contributed by atoms with Crippen LogP contribution in [0.5, 0.6) is 5.75 Å². The smallest absolute Gasteiger partial charge is 0.246 e. The predicted octanol–water partition coefficient (Wildman–Crippen LogP) is 3.00. The topological polar surface area (TPSA) is 85.4 Å². The normalized spacial score (nSPS) is 21.3. The van der Waals surface area contributed by atoms with E-state index in [9.17, 15) is 9.90 Å². The van der Waals surface area contributed by atoms with Gasteiger partial charge in [-0.1, -0.05) is 18.7 Å². The zero-order chi connectivity index (χ0) is 20.8. The number of aromatic amines is 1. The number of rotatable bonds is 4. The van der Waals surface area contributed by atoms with Crippen molar-refractivity contribution >= 4 is 16.9 Å². The van der Waals surface area contributed by atoms with Crippen molar-refractivity contribution in [2.45, 2.75) is 38.4 Å². The minimum atomic E-state index is 0.0518. The lowest BCUT2D eigenvalue weighted by atomic mass is 10.1. The van der Waals surface area contributed by atoms with E-state index < -0.39 is 0 Å². The molecular formula is C23H25N5O2. The second-order valence-electron chi connectivity index (χ2n) is 8.27. The predicted molar refractivity (Wildman–Crippen MR) is 115 cm³/mol. The van der Waals surface area contributed by atoms with Crippen molar-refractivity contribution in [3.05, 3.63) is 54.2 Å². The molecule has 2 aliphatic heterocycles. The third-order valence-corrected chi connectivity index (χ3v) is 6.47. The number of amides is 1. The summed E-state index contributed by atoms with van der Waals surface area (Å²) in [4.78, 5) is 20.1. The molecule has 2 N–H and O–H groups in total. The fourth-order valence-corrected chi connectivity index (χ4v) is 4.96. The average Bonchev–Trinajstić information content (AvgIpc) is 3.20. The number of nitrogens with one attached hydrogen (secondary N) is 1. The zero-order valence-corrected chi connectivity index (χ0v) is 17.0. The first-order valence-electron chi connectivity index (χ1n) is 10.4. The number of carbonyl (C=O) groups is 1. The Morgan fingerprint density at radius 2 is 2.00 bits per heavy atom. The van der Waals surface area contributed by atoms with Crippen LogP contribution in [-0.2, 0) is 11.3 Å². The molecule has 7 nitrogen and oxygen atoms in total. The molecule has 4 heterocycles. The summed E-state index contributed by atoms with van der Waals surface area (Å²) in [7, 11) is 0. The van der Waals surface area contributed by atoms with Crippen LogP contribution < -0.4 is 0 Å². The van der Waals surface area contributed by atoms with Crippen molar-refractivity contribution < 1.29 is 9.90 Å². The van der Waals surface area contributed by atoms with Crippen LogP contribution in [0, 0.1) is 6.92 Å². The quantitative estimate of drug-likeness (QED) is 0.654. The minimum Gasteiger partial charge on any atom is -0.507 e. The highest BCUT2D eigenvalue weighted by atomic mass is 16.3. The molecule has 2 aromatic heterocycles. The maximum Gasteiger partial charge on any atom is 0.246 e. The van der Waals surface area contributed by atoms with Gasteiger partial charge in [-0.25, -0.2) is 0 Å². The number of benzene rings is 1. The second kappa shape index (κ2) is 7.25. The number of H-pyrrole nitrogens is 1. The Labute approximate surface area is 175 Å². The number of aromatic hydroxyl groups is 1. The Kier molecular flexibility index (Phi) is 4.55. The van der Waals surface area contributed by atoms with E-state index in [0.29, 0.717) is 11.3 Å². The van der Waals surface area contributed by atoms with Crippen LogP contribution >= 0.6 is 0 Å². The standard InChI is InChI=1S/C23H25N5O2/c1-3-22(30)28-15-8-9-16(28)12-27(11-15)13-20-14(2)18-10-19(25-26-23(18)24-20)17-6-4-5-7-21(17)29/h3-7,10,15-16,29H,1,8-9,11-13H2,2H3,(H,24,26). The van der Waals surface area contributed by atoms with E-state index in [2.05, 4.69) is 33.6 Å². The molecule has 154 valence electrons. The minimum absolute atomic E-state index is 0.0518. The van der Waals surface area contributed by atoms with E-state index in [1.165, 1.54) is 6.08 Å². The van der Waals surface area contributed by atoms with Gasteiger partial charge in [0, 0.05) is 48.4 Å². The Balaban J connectivity index is 1.40. The molecule has 2 fully saturated rings. The summed E-state index contributed by atoms with van der Waals surface area (Å²) in [5.74, 6) is 0.248. The van der Waals surface area contributed by atoms with Crippen molar-refractivity contribution in [1.82, 2.24) is 25.0 Å². The molecule has 1 amide bonds. The van der Waals surface area contributed by atoms with Crippen LogP contribution in [-0.4, -0.2) is 61.2 Å². The molecule has 2 atom stereocenters. The summed E-state index contributed by atoms with van der Waals surface area (Å²) in [6.45, 7) is 8.28. The van der Waals surface area contributed by atoms with Crippen molar-refractivity contribution in [2.24, 2.45) is 0 Å². The number of para-hydroxylation sites is 1. The van der Waals surface area contributed by atoms with Crippen LogP contribution in [0.15, 0.2) is 43.0 Å². The Morgan fingerprint density at radius 3 is 2.70 bits per heavy atom. The number of likely N-dealkylation sites (tertiary alicyclic amines) is 1. The number of piperazine rings is 1. The molecule has 7 heteroatoms. The molecule has 0 radical (unpaired) electrons. The lowest BCUT2D eigenvalue weighted by molar-refractivity contribution is -0.131. The first-order valence-corrected chi connectivity index (χ1v) is 10.4. The molecule has 2 bridgehead atoms. The number of carbonyl (C=O) groups excluding carboxylic acids is 1. The summed E-state index contributed by atoms with van der Waals surface area (Å²) < 4.78 is 0. The summed E-state index contributed by atoms with van der Waals surface area (Å²) in [6, 6.07) is 9.69. The van der Waals surface area contributed by atoms with Gasteiger partial charge in [0.1, 0.15) is 5.75 Å². The van der Waals surface area contributed by atoms with E-state index in [4.69, 9.17) is 0 Å². The van der Waals surface area contributed by atoms with Crippen LogP contribution in [0.2, 0.25) is 0 Å². The van der Waals surface area contributed by atoms with Crippen LogP contribution in [0.25, 0.3) is 22.3 Å². The number of aromatic nitrogens is 3. The molecule has 0 spiro atoms. The van der Waals surface area contributed by atoms with Gasteiger partial charge in [-0.05, 0) is 49.6 Å². The third kappa shape index (κ3) is 3.06. The highest BCUT2D eigenvalue weighted by Gasteiger charge is 2.41. The van der Waals surface area contributed by atoms with Gasteiger partial charge in [0.2, 0.25) is 5.91 Å². The fraction of sp³-hybridized carbons (Fsp3) is 0.348. The SMILES string of the molecule is C=CC(=O)N1C2CCC1CN(Cc1[nH]c3nnc(-c4ccccc4O)cc3c1C)C2. The largest absolute Gasteiger partial charge is 0.507 e. The van der Waals surface area contributed by atoms with Crippen molar-refractivity contribution in [3.63, 3.8) is 0 Å². The molecule has 3 aromatic rings. The van der Waals surface area contributed by atoms with E-state index in [0.717, 1.165) is 54.8 Å². The van der Waals surface area contributed by atoms with Gasteiger partial charge in [-0.15, -0.1) is 10.2 Å². The molecule has 30 heavy (non-hydrogen) atoms. The second-order valence-corrected chi connectivity index (χ2v) is 8.27. The Morgan fingerprint density at radius 1 is 1.27 bits per heavy atom. The number of aryl methyl sites for hydroxylation is 1. The highest BCUT2D eigenvalue weighted by Crippen LogP contribution is 2.33. The van der Waals surface area contributed by atoms with Gasteiger partial charge in [-0.3, -0.25) is 9.69 Å². The number of phenols is 1. The van der Waals surface area contributed by atoms with Gasteiger partial charge in [0.05, 0.1) is 5.69 Å². The number of phenolic OH excluding ortho intramolecular Hbond substituents is 1. The molecule has 5 rings (SSSR count). The number of fused-ring (bicyclic) bond motifs is 3. The monoisotopic (exact) mass is 403 g/mol. The number of nitrogens with zero attached hydrogens (tertiary/aromatic N) is 4. The van der Waals surface area contributed by atoms with Gasteiger partial charge in [-0.2, -0.15) is 0 Å². The molecule has 2 unspecified atom stereocenters. The van der Waals surface area contributed by atoms with Crippen molar-refractivity contribution in [1.29, 1.82) is 0 Å². The molecule has 1 aromatic carbocycles. The van der Waals surface area contributed by atoms with Crippen molar-refractivity contribution in [3.8, 4) is 17.0 Å². The highest BCUT2D eigenvalue weighted by molar-refractivity contribution is 5.88. The van der Waals surface area contributed by atoms with E-state index in [1.54, 1.807) is 12.1 Å². The molecule has 2 saturated heterocycles. The molecule has 0 saturated carbocycles. The Bertz CT molecular complexity index is 1120. The van der Waals surface area contributed by atoms with E-state index in [-0.39, 0.29) is 23.7 Å². The average molecular weight is 403 g/mol. The van der Waals surface area contributed by atoms with Gasteiger partial charge < -0.3 is 15.0 Å². The molecular weight excluding hydrogens is 378 g/mol. The van der Waals surface area contributed by atoms with E-state index in [1.807, 2.05) is 23.1 Å². The van der Waals surface area contributed by atoms with Gasteiger partial charge in [0.15, 0.2) is 5.65 Å². The van der Waals surface area contributed by atoms with Crippen molar-refractivity contribution in [2.75, 3.05) is 13.1 Å². The Hall–Kier alpha value is -3.19. The fourth-order valence-electron chi connectivity index (χ4n) is 4.96. The van der Waals surface area contributed by atoms with Gasteiger partial charge in [0.25, 0.3) is 0 Å². The first-order chi connectivity index (χ1) is 14.5. The van der Waals surface area contributed by atoms with Crippen LogP contribution in [0.1, 0.15) is 24.1 Å². The van der Waals surface area contributed by atoms with Gasteiger partial charge >= 0.3 is 0 Å². The summed E-state index contributed by atoms with van der Waals surface area (Å²) >= 11 is 0. The number of hydrogen-bond donors (Lipinski definition) is 2. The maximum atomic E-state index is 12.2. The lowest BCUT2D eigenvalue weighted by Crippen LogP contribution is -2.55. The summed E-state index contributed by atoms with van der Waals surface area (Å²) in [6.07, 6.45) is 3.55. The van der Waals surface area contributed by atoms with Crippen LogP contribution in [0.3, 0.4) is 0 Å². The number of hydrogen-bond acceptors (Lipinski definition) is 5. The first kappa shape index (κ1) is 18.8. The summed E-state index contributed by atoms with van der Waals surface area (Å²) in [5, 5.41) is 19.8. The third-order valence-electron chi connectivity index (χ3n) is 6.47.